The smallest absolute Gasteiger partial charge is 0.356 e. The van der Waals surface area contributed by atoms with Gasteiger partial charge in [0.25, 0.3) is 0 Å². The zero-order chi connectivity index (χ0) is 11.4. The first-order chi connectivity index (χ1) is 7.75. The van der Waals surface area contributed by atoms with Gasteiger partial charge in [-0.25, -0.2) is 4.79 Å². The lowest BCUT2D eigenvalue weighted by atomic mass is 10.3. The average molecular weight is 216 g/mol. The number of nitrogens with zero attached hydrogens (tertiary/aromatic N) is 4. The van der Waals surface area contributed by atoms with Crippen LogP contribution in [0.3, 0.4) is 0 Å². The fraction of sp³-hybridized carbons (Fsp3) is 0. The molecule has 0 spiro atoms. The molecule has 0 aliphatic carbocycles. The first-order valence-electron chi connectivity index (χ1n) is 4.52. The lowest BCUT2D eigenvalue weighted by molar-refractivity contribution is 0.0689. The second kappa shape index (κ2) is 4.35. The van der Waals surface area contributed by atoms with Gasteiger partial charge in [0.15, 0.2) is 5.69 Å². The van der Waals surface area contributed by atoms with E-state index in [0.29, 0.717) is 5.69 Å². The summed E-state index contributed by atoms with van der Waals surface area (Å²) in [6.07, 6.45) is 1.43. The zero-order valence-electron chi connectivity index (χ0n) is 8.19. The molecule has 0 atom stereocenters. The van der Waals surface area contributed by atoms with Crippen molar-refractivity contribution in [3.05, 3.63) is 48.3 Å². The summed E-state index contributed by atoms with van der Waals surface area (Å²) in [5.41, 5.74) is 0.613. The third-order valence-electron chi connectivity index (χ3n) is 1.80. The van der Waals surface area contributed by atoms with Crippen LogP contribution < -0.4 is 0 Å². The Bertz CT molecular complexity index is 519. The maximum Gasteiger partial charge on any atom is 0.356 e. The molecular formula is C10H8N4O2. The summed E-state index contributed by atoms with van der Waals surface area (Å²) in [6, 6.07) is 10.5. The van der Waals surface area contributed by atoms with Crippen LogP contribution >= 0.6 is 0 Å². The van der Waals surface area contributed by atoms with Crippen LogP contribution in [-0.2, 0) is 0 Å². The van der Waals surface area contributed by atoms with E-state index >= 15 is 0 Å². The van der Waals surface area contributed by atoms with Gasteiger partial charge < -0.3 is 5.11 Å². The highest BCUT2D eigenvalue weighted by atomic mass is 16.4. The van der Waals surface area contributed by atoms with Gasteiger partial charge in [-0.3, -0.25) is 0 Å². The highest BCUT2D eigenvalue weighted by molar-refractivity contribution is 5.84. The molecule has 6 heteroatoms. The second-order valence-electron chi connectivity index (χ2n) is 2.95. The van der Waals surface area contributed by atoms with Gasteiger partial charge >= 0.3 is 5.97 Å². The number of benzene rings is 1. The number of carboxylic acid groups (broad SMARTS) is 1. The number of rotatable bonds is 3. The van der Waals surface area contributed by atoms with Crippen molar-refractivity contribution in [2.24, 2.45) is 10.3 Å². The van der Waals surface area contributed by atoms with E-state index in [-0.39, 0.29) is 5.69 Å². The molecule has 0 aliphatic heterocycles. The molecule has 1 aromatic carbocycles. The van der Waals surface area contributed by atoms with Gasteiger partial charge in [0.05, 0.1) is 11.9 Å². The number of aromatic carboxylic acids is 1. The van der Waals surface area contributed by atoms with Crippen molar-refractivity contribution in [1.82, 2.24) is 9.89 Å². The van der Waals surface area contributed by atoms with Crippen molar-refractivity contribution >= 4 is 11.7 Å². The summed E-state index contributed by atoms with van der Waals surface area (Å²) in [5.74, 6) is -1.09. The first kappa shape index (κ1) is 10.0. The summed E-state index contributed by atoms with van der Waals surface area (Å²) in [4.78, 5) is 11.6. The summed E-state index contributed by atoms with van der Waals surface area (Å²) < 4.78 is 0. The van der Waals surface area contributed by atoms with Crippen molar-refractivity contribution in [3.63, 3.8) is 0 Å². The lowest BCUT2D eigenvalue weighted by Gasteiger charge is -1.90. The van der Waals surface area contributed by atoms with Crippen LogP contribution in [0, 0.1) is 0 Å². The molecule has 0 aliphatic rings. The molecule has 0 unspecified atom stereocenters. The van der Waals surface area contributed by atoms with Crippen molar-refractivity contribution < 1.29 is 9.90 Å². The zero-order valence-corrected chi connectivity index (χ0v) is 8.19. The molecule has 1 aromatic heterocycles. The lowest BCUT2D eigenvalue weighted by Crippen LogP contribution is -1.98. The van der Waals surface area contributed by atoms with Crippen LogP contribution in [0.1, 0.15) is 10.5 Å². The fourth-order valence-corrected chi connectivity index (χ4v) is 1.07. The minimum atomic E-state index is -1.09. The second-order valence-corrected chi connectivity index (χ2v) is 2.95. The summed E-state index contributed by atoms with van der Waals surface area (Å²) in [7, 11) is 0. The van der Waals surface area contributed by atoms with Crippen molar-refractivity contribution in [3.8, 4) is 0 Å². The van der Waals surface area contributed by atoms with Crippen LogP contribution in [0.2, 0.25) is 0 Å². The SMILES string of the molecule is O=C(O)c1ccn(N=Nc2ccccc2)n1. The van der Waals surface area contributed by atoms with Gasteiger partial charge in [-0.05, 0) is 23.4 Å². The van der Waals surface area contributed by atoms with Gasteiger partial charge in [0, 0.05) is 0 Å². The normalized spacial score (nSPS) is 10.8. The number of hydrogen-bond donors (Lipinski definition) is 1. The molecule has 0 bridgehead atoms. The van der Waals surface area contributed by atoms with E-state index in [0.717, 1.165) is 4.79 Å². The van der Waals surface area contributed by atoms with Gasteiger partial charge in [-0.1, -0.05) is 18.2 Å². The molecule has 1 N–H and O–H groups in total. The van der Waals surface area contributed by atoms with Crippen molar-refractivity contribution in [1.29, 1.82) is 0 Å². The Balaban J connectivity index is 2.15. The average Bonchev–Trinajstić information content (AvgIpc) is 2.76. The van der Waals surface area contributed by atoms with Crippen LogP contribution in [0.15, 0.2) is 52.9 Å². The molecule has 0 fully saturated rings. The van der Waals surface area contributed by atoms with E-state index in [1.54, 1.807) is 12.1 Å². The Morgan fingerprint density at radius 1 is 1.25 bits per heavy atom. The highest BCUT2D eigenvalue weighted by Gasteiger charge is 2.05. The standard InChI is InChI=1S/C10H8N4O2/c15-10(16)9-6-7-14(12-9)13-11-8-4-2-1-3-5-8/h1-7H,(H,15,16). The molecule has 6 nitrogen and oxygen atoms in total. The minimum Gasteiger partial charge on any atom is -0.476 e. The summed E-state index contributed by atoms with van der Waals surface area (Å²) >= 11 is 0. The highest BCUT2D eigenvalue weighted by Crippen LogP contribution is 2.10. The minimum absolute atomic E-state index is 0.0630. The summed E-state index contributed by atoms with van der Waals surface area (Å²) in [6.45, 7) is 0. The number of carbonyl (C=O) groups is 1. The Hall–Kier alpha value is -2.50. The van der Waals surface area contributed by atoms with Crippen LogP contribution in [-0.4, -0.2) is 21.0 Å². The molecule has 2 rings (SSSR count). The Kier molecular flexibility index (Phi) is 2.73. The third kappa shape index (κ3) is 2.30. The van der Waals surface area contributed by atoms with Crippen molar-refractivity contribution in [2.75, 3.05) is 0 Å². The van der Waals surface area contributed by atoms with E-state index in [1.807, 2.05) is 18.2 Å². The van der Waals surface area contributed by atoms with Gasteiger partial charge in [0.1, 0.15) is 0 Å². The monoisotopic (exact) mass is 216 g/mol. The molecule has 0 saturated heterocycles. The quantitative estimate of drug-likeness (QED) is 0.798. The van der Waals surface area contributed by atoms with Gasteiger partial charge in [-0.15, -0.1) is 15.0 Å². The number of carboxylic acids is 1. The molecule has 0 radical (unpaired) electrons. The fourth-order valence-electron chi connectivity index (χ4n) is 1.07. The molecule has 0 saturated carbocycles. The maximum absolute atomic E-state index is 10.5. The third-order valence-corrected chi connectivity index (χ3v) is 1.80. The van der Waals surface area contributed by atoms with E-state index in [4.69, 9.17) is 5.11 Å². The predicted octanol–water partition coefficient (Wildman–Crippen LogP) is 2.13. The number of hydrogen-bond acceptors (Lipinski definition) is 4. The van der Waals surface area contributed by atoms with Crippen LogP contribution in [0.4, 0.5) is 5.69 Å². The molecular weight excluding hydrogens is 208 g/mol. The molecule has 2 aromatic rings. The van der Waals surface area contributed by atoms with E-state index in [1.165, 1.54) is 12.3 Å². The Labute approximate surface area is 90.8 Å². The topological polar surface area (TPSA) is 79.8 Å². The van der Waals surface area contributed by atoms with Crippen LogP contribution in [0.25, 0.3) is 0 Å². The van der Waals surface area contributed by atoms with Gasteiger partial charge in [-0.2, -0.15) is 0 Å². The van der Waals surface area contributed by atoms with Crippen molar-refractivity contribution in [2.45, 2.75) is 0 Å². The predicted molar refractivity (Wildman–Crippen MR) is 55.5 cm³/mol. The Morgan fingerprint density at radius 2 is 2.00 bits per heavy atom. The molecule has 80 valence electrons. The maximum atomic E-state index is 10.5. The van der Waals surface area contributed by atoms with E-state index in [2.05, 4.69) is 15.4 Å². The summed E-state index contributed by atoms with van der Waals surface area (Å²) in [5, 5.41) is 19.9. The van der Waals surface area contributed by atoms with Gasteiger partial charge in [0.2, 0.25) is 0 Å². The molecule has 1 heterocycles. The van der Waals surface area contributed by atoms with E-state index in [9.17, 15) is 4.79 Å². The van der Waals surface area contributed by atoms with Crippen LogP contribution in [0.5, 0.6) is 0 Å². The Morgan fingerprint density at radius 3 is 2.62 bits per heavy atom. The van der Waals surface area contributed by atoms with E-state index < -0.39 is 5.97 Å². The molecule has 16 heavy (non-hydrogen) atoms. The first-order valence-corrected chi connectivity index (χ1v) is 4.52. The molecule has 0 amide bonds. The number of aromatic nitrogens is 2. The largest absolute Gasteiger partial charge is 0.476 e.